The number of pyridine rings is 1. The molecule has 0 saturated carbocycles. The number of rotatable bonds is 5. The fraction of sp³-hybridized carbons (Fsp3) is 0.375. The molecule has 4 rings (SSSR count). The quantitative estimate of drug-likeness (QED) is 0.581. The van der Waals surface area contributed by atoms with E-state index in [0.29, 0.717) is 6.04 Å². The summed E-state index contributed by atoms with van der Waals surface area (Å²) in [7, 11) is 0. The summed E-state index contributed by atoms with van der Waals surface area (Å²) in [5, 5.41) is 4.89. The van der Waals surface area contributed by atoms with Crippen LogP contribution in [0.2, 0.25) is 0 Å². The van der Waals surface area contributed by atoms with Crippen molar-refractivity contribution in [1.82, 2.24) is 14.5 Å². The molecule has 1 aliphatic heterocycles. The Morgan fingerprint density at radius 3 is 2.74 bits per heavy atom. The van der Waals surface area contributed by atoms with Crippen molar-refractivity contribution >= 4 is 5.52 Å². The van der Waals surface area contributed by atoms with Gasteiger partial charge in [0.15, 0.2) is 0 Å². The molecule has 3 nitrogen and oxygen atoms in total. The van der Waals surface area contributed by atoms with Crippen LogP contribution in [0.5, 0.6) is 0 Å². The van der Waals surface area contributed by atoms with Crippen LogP contribution in [0, 0.1) is 0 Å². The Balaban J connectivity index is 1.69. The first-order chi connectivity index (χ1) is 13.3. The summed E-state index contributed by atoms with van der Waals surface area (Å²) >= 11 is 0. The Bertz CT molecular complexity index is 923. The Kier molecular flexibility index (Phi) is 5.28. The zero-order valence-electron chi connectivity index (χ0n) is 16.4. The van der Waals surface area contributed by atoms with Gasteiger partial charge in [0, 0.05) is 29.9 Å². The average Bonchev–Trinajstić information content (AvgIpc) is 3.07. The molecule has 1 atom stereocenters. The van der Waals surface area contributed by atoms with Gasteiger partial charge in [-0.2, -0.15) is 5.10 Å². The molecule has 1 aromatic carbocycles. The molecule has 1 unspecified atom stereocenters. The third-order valence-electron chi connectivity index (χ3n) is 5.68. The molecule has 0 spiro atoms. The van der Waals surface area contributed by atoms with Gasteiger partial charge in [-0.25, -0.2) is 4.52 Å². The van der Waals surface area contributed by atoms with E-state index in [-0.39, 0.29) is 0 Å². The molecule has 3 heterocycles. The average molecular weight is 360 g/mol. The minimum absolute atomic E-state index is 0.700. The van der Waals surface area contributed by atoms with E-state index in [9.17, 15) is 0 Å². The van der Waals surface area contributed by atoms with Gasteiger partial charge in [-0.3, -0.25) is 0 Å². The second-order valence-electron chi connectivity index (χ2n) is 7.67. The molecular formula is C24H29N3. The van der Waals surface area contributed by atoms with E-state index in [2.05, 4.69) is 67.4 Å². The van der Waals surface area contributed by atoms with Crippen LogP contribution in [0.4, 0.5) is 0 Å². The van der Waals surface area contributed by atoms with Crippen molar-refractivity contribution in [2.45, 2.75) is 52.0 Å². The number of piperidine rings is 1. The van der Waals surface area contributed by atoms with Crippen molar-refractivity contribution in [3.8, 4) is 11.3 Å². The van der Waals surface area contributed by atoms with Gasteiger partial charge in [0.2, 0.25) is 0 Å². The van der Waals surface area contributed by atoms with Crippen LogP contribution >= 0.6 is 0 Å². The van der Waals surface area contributed by atoms with Crippen molar-refractivity contribution in [1.29, 1.82) is 0 Å². The Morgan fingerprint density at radius 1 is 1.11 bits per heavy atom. The number of allylic oxidation sites excluding steroid dienone is 1. The minimum Gasteiger partial charge on any atom is -0.374 e. The monoisotopic (exact) mass is 359 g/mol. The molecule has 0 amide bonds. The number of fused-ring (bicyclic) bond motifs is 1. The number of likely N-dealkylation sites (tertiary alicyclic amines) is 1. The third kappa shape index (κ3) is 3.78. The Labute approximate surface area is 162 Å². The normalized spacial score (nSPS) is 18.2. The lowest BCUT2D eigenvalue weighted by molar-refractivity contribution is 0.206. The predicted octanol–water partition coefficient (Wildman–Crippen LogP) is 5.71. The van der Waals surface area contributed by atoms with Crippen molar-refractivity contribution in [2.75, 3.05) is 6.54 Å². The van der Waals surface area contributed by atoms with Gasteiger partial charge in [-0.1, -0.05) is 48.9 Å². The minimum atomic E-state index is 0.700. The van der Waals surface area contributed by atoms with E-state index >= 15 is 0 Å². The molecule has 1 aliphatic rings. The van der Waals surface area contributed by atoms with E-state index in [1.807, 2.05) is 16.8 Å². The lowest BCUT2D eigenvalue weighted by atomic mass is 9.98. The highest BCUT2D eigenvalue weighted by Crippen LogP contribution is 2.29. The summed E-state index contributed by atoms with van der Waals surface area (Å²) in [5.74, 6) is 0. The number of benzene rings is 1. The number of hydrogen-bond donors (Lipinski definition) is 0. The zero-order chi connectivity index (χ0) is 18.6. The van der Waals surface area contributed by atoms with Crippen LogP contribution < -0.4 is 0 Å². The molecule has 1 fully saturated rings. The van der Waals surface area contributed by atoms with Crippen molar-refractivity contribution in [2.24, 2.45) is 0 Å². The van der Waals surface area contributed by atoms with Crippen molar-refractivity contribution < 1.29 is 0 Å². The van der Waals surface area contributed by atoms with Crippen LogP contribution in [-0.2, 0) is 6.42 Å². The van der Waals surface area contributed by atoms with Gasteiger partial charge in [-0.05, 0) is 57.4 Å². The van der Waals surface area contributed by atoms with Gasteiger partial charge >= 0.3 is 0 Å². The first-order valence-electron chi connectivity index (χ1n) is 10.2. The largest absolute Gasteiger partial charge is 0.374 e. The van der Waals surface area contributed by atoms with Crippen LogP contribution in [0.1, 0.15) is 45.1 Å². The van der Waals surface area contributed by atoms with Crippen molar-refractivity contribution in [3.63, 3.8) is 0 Å². The highest BCUT2D eigenvalue weighted by atomic mass is 15.2. The molecule has 0 N–H and O–H groups in total. The topological polar surface area (TPSA) is 20.5 Å². The molecule has 1 saturated heterocycles. The SMILES string of the molecule is CCC1CCCCN1C=C(C)Cc1c(-c2ccccc2)nn2ccccc12. The maximum atomic E-state index is 4.89. The number of hydrogen-bond acceptors (Lipinski definition) is 2. The summed E-state index contributed by atoms with van der Waals surface area (Å²) in [6.07, 6.45) is 10.6. The summed E-state index contributed by atoms with van der Waals surface area (Å²) in [5.41, 5.74) is 6.22. The molecule has 27 heavy (non-hydrogen) atoms. The molecule has 140 valence electrons. The highest BCUT2D eigenvalue weighted by Gasteiger charge is 2.19. The molecule has 2 aromatic heterocycles. The maximum absolute atomic E-state index is 4.89. The van der Waals surface area contributed by atoms with E-state index in [4.69, 9.17) is 5.10 Å². The first kappa shape index (κ1) is 17.8. The first-order valence-corrected chi connectivity index (χ1v) is 10.2. The summed E-state index contributed by atoms with van der Waals surface area (Å²) < 4.78 is 2.01. The zero-order valence-corrected chi connectivity index (χ0v) is 16.4. The van der Waals surface area contributed by atoms with Crippen LogP contribution in [0.3, 0.4) is 0 Å². The summed E-state index contributed by atoms with van der Waals surface area (Å²) in [4.78, 5) is 2.58. The fourth-order valence-corrected chi connectivity index (χ4v) is 4.29. The van der Waals surface area contributed by atoms with Gasteiger partial charge < -0.3 is 4.90 Å². The lowest BCUT2D eigenvalue weighted by Crippen LogP contribution is -2.35. The second-order valence-corrected chi connectivity index (χ2v) is 7.67. The van der Waals surface area contributed by atoms with Gasteiger partial charge in [-0.15, -0.1) is 0 Å². The van der Waals surface area contributed by atoms with E-state index < -0.39 is 0 Å². The summed E-state index contributed by atoms with van der Waals surface area (Å²) in [6, 6.07) is 17.6. The third-order valence-corrected chi connectivity index (χ3v) is 5.68. The fourth-order valence-electron chi connectivity index (χ4n) is 4.29. The Hall–Kier alpha value is -2.55. The smallest absolute Gasteiger partial charge is 0.0968 e. The molecular weight excluding hydrogens is 330 g/mol. The van der Waals surface area contributed by atoms with Crippen LogP contribution in [-0.4, -0.2) is 27.1 Å². The highest BCUT2D eigenvalue weighted by molar-refractivity contribution is 5.73. The predicted molar refractivity (Wildman–Crippen MR) is 113 cm³/mol. The van der Waals surface area contributed by atoms with Gasteiger partial charge in [0.25, 0.3) is 0 Å². The molecule has 3 aromatic rings. The van der Waals surface area contributed by atoms with Crippen molar-refractivity contribution in [3.05, 3.63) is 72.1 Å². The molecule has 3 heteroatoms. The molecule has 0 bridgehead atoms. The van der Waals surface area contributed by atoms with E-state index in [1.165, 1.54) is 54.4 Å². The van der Waals surface area contributed by atoms with Gasteiger partial charge in [0.05, 0.1) is 11.2 Å². The number of nitrogens with zero attached hydrogens (tertiary/aromatic N) is 3. The second kappa shape index (κ2) is 7.99. The number of aromatic nitrogens is 2. The lowest BCUT2D eigenvalue weighted by Gasteiger charge is -2.35. The molecule has 0 radical (unpaired) electrons. The van der Waals surface area contributed by atoms with E-state index in [1.54, 1.807) is 0 Å². The standard InChI is InChI=1S/C24H29N3/c1-3-21-13-7-9-15-26(21)18-19(2)17-22-23-14-8-10-16-27(23)25-24(22)20-11-5-4-6-12-20/h4-6,8,10-12,14,16,18,21H,3,7,9,13,15,17H2,1-2H3. The summed E-state index contributed by atoms with van der Waals surface area (Å²) in [6.45, 7) is 5.77. The Morgan fingerprint density at radius 2 is 1.93 bits per heavy atom. The maximum Gasteiger partial charge on any atom is 0.0968 e. The van der Waals surface area contributed by atoms with Crippen LogP contribution in [0.25, 0.3) is 16.8 Å². The van der Waals surface area contributed by atoms with Gasteiger partial charge in [0.1, 0.15) is 0 Å². The molecule has 0 aliphatic carbocycles. The van der Waals surface area contributed by atoms with Crippen LogP contribution in [0.15, 0.2) is 66.5 Å². The van der Waals surface area contributed by atoms with E-state index in [0.717, 1.165) is 12.1 Å².